The topological polar surface area (TPSA) is 60.7 Å². The molecule has 0 aliphatic heterocycles. The van der Waals surface area contributed by atoms with Crippen LogP contribution < -0.4 is 0 Å². The number of aliphatic hydroxyl groups excluding tert-OH is 2. The molecule has 3 N–H and O–H groups in total. The van der Waals surface area contributed by atoms with Gasteiger partial charge in [-0.1, -0.05) is 43.1 Å². The molecule has 3 fully saturated rings. The van der Waals surface area contributed by atoms with Gasteiger partial charge in [0, 0.05) is 0 Å². The van der Waals surface area contributed by atoms with Crippen LogP contribution in [-0.2, 0) is 0 Å². The van der Waals surface area contributed by atoms with Crippen LogP contribution in [0.3, 0.4) is 0 Å². The first-order chi connectivity index (χ1) is 13.2. The van der Waals surface area contributed by atoms with Crippen LogP contribution in [0.5, 0.6) is 0 Å². The minimum atomic E-state index is -0.531. The number of unbranched alkanes of at least 4 members (excludes halogenated alkanes) is 1. The van der Waals surface area contributed by atoms with Gasteiger partial charge >= 0.3 is 0 Å². The van der Waals surface area contributed by atoms with Crippen molar-refractivity contribution in [1.82, 2.24) is 0 Å². The quantitative estimate of drug-likeness (QED) is 0.540. The summed E-state index contributed by atoms with van der Waals surface area (Å²) in [5.41, 5.74) is 2.71. The van der Waals surface area contributed by atoms with E-state index in [1.807, 2.05) is 13.8 Å². The zero-order chi connectivity index (χ0) is 20.4. The number of hydrogen-bond acceptors (Lipinski definition) is 3. The predicted molar refractivity (Wildman–Crippen MR) is 115 cm³/mol. The predicted octanol–water partition coefficient (Wildman–Crippen LogP) is 5.29. The second-order valence-electron chi connectivity index (χ2n) is 10.8. The van der Waals surface area contributed by atoms with Crippen molar-refractivity contribution in [1.29, 1.82) is 0 Å². The van der Waals surface area contributed by atoms with Crippen molar-refractivity contribution in [3.63, 3.8) is 0 Å². The second-order valence-corrected chi connectivity index (χ2v) is 10.8. The molecule has 5 atom stereocenters. The minimum absolute atomic E-state index is 0.384. The van der Waals surface area contributed by atoms with Crippen LogP contribution in [0.1, 0.15) is 97.8 Å². The Morgan fingerprint density at radius 1 is 1.07 bits per heavy atom. The molecule has 3 aliphatic rings. The molecule has 3 aliphatic carbocycles. The molecule has 3 saturated carbocycles. The van der Waals surface area contributed by atoms with Gasteiger partial charge < -0.3 is 15.3 Å². The van der Waals surface area contributed by atoms with E-state index in [1.54, 1.807) is 5.57 Å². The van der Waals surface area contributed by atoms with Crippen LogP contribution in [0.25, 0.3) is 0 Å². The van der Waals surface area contributed by atoms with E-state index in [9.17, 15) is 15.3 Å². The van der Waals surface area contributed by atoms with Gasteiger partial charge in [0.2, 0.25) is 0 Å². The maximum atomic E-state index is 9.94. The maximum Gasteiger partial charge on any atom is 0.0602 e. The summed E-state index contributed by atoms with van der Waals surface area (Å²) in [7, 11) is 0. The number of allylic oxidation sites excluding steroid dienone is 3. The van der Waals surface area contributed by atoms with E-state index in [2.05, 4.69) is 19.1 Å². The Labute approximate surface area is 171 Å². The standard InChI is InChI=1S/C25H42O3/c1-24(2,28)13-5-4-8-20-11-12-23-19(7-6-14-25(20,23)3)10-9-18-15-21(26)17-22(27)16-18/h9-10,20-23,26-28H,4-8,11-17H2,1-3H3/b19-10+/t20?,21-,22-,23?,25-/m1/s1. The largest absolute Gasteiger partial charge is 0.393 e. The average Bonchev–Trinajstić information content (AvgIpc) is 2.92. The van der Waals surface area contributed by atoms with E-state index in [4.69, 9.17) is 0 Å². The molecule has 160 valence electrons. The van der Waals surface area contributed by atoms with Crippen LogP contribution in [0, 0.1) is 17.3 Å². The van der Waals surface area contributed by atoms with Gasteiger partial charge in [0.1, 0.15) is 0 Å². The van der Waals surface area contributed by atoms with Gasteiger partial charge in [-0.25, -0.2) is 0 Å². The summed E-state index contributed by atoms with van der Waals surface area (Å²) >= 11 is 0. The highest BCUT2D eigenvalue weighted by Crippen LogP contribution is 2.58. The van der Waals surface area contributed by atoms with Gasteiger partial charge in [-0.3, -0.25) is 0 Å². The molecule has 3 rings (SSSR count). The van der Waals surface area contributed by atoms with Crippen molar-refractivity contribution in [3.8, 4) is 0 Å². The summed E-state index contributed by atoms with van der Waals surface area (Å²) in [5.74, 6) is 1.52. The number of hydrogen-bond donors (Lipinski definition) is 3. The highest BCUT2D eigenvalue weighted by Gasteiger charge is 2.48. The molecule has 0 heterocycles. The number of rotatable bonds is 6. The van der Waals surface area contributed by atoms with E-state index >= 15 is 0 Å². The van der Waals surface area contributed by atoms with E-state index in [1.165, 1.54) is 50.5 Å². The Kier molecular flexibility index (Phi) is 7.10. The van der Waals surface area contributed by atoms with Crippen LogP contribution in [0.15, 0.2) is 23.3 Å². The molecule has 3 heteroatoms. The van der Waals surface area contributed by atoms with Gasteiger partial charge in [0.15, 0.2) is 0 Å². The molecule has 0 bridgehead atoms. The van der Waals surface area contributed by atoms with Crippen LogP contribution in [0.4, 0.5) is 0 Å². The van der Waals surface area contributed by atoms with Crippen molar-refractivity contribution in [3.05, 3.63) is 23.3 Å². The lowest BCUT2D eigenvalue weighted by atomic mass is 9.62. The zero-order valence-electron chi connectivity index (χ0n) is 18.3. The summed E-state index contributed by atoms with van der Waals surface area (Å²) in [6.45, 7) is 6.35. The molecule has 0 amide bonds. The first-order valence-corrected chi connectivity index (χ1v) is 11.6. The highest BCUT2D eigenvalue weighted by atomic mass is 16.3. The first-order valence-electron chi connectivity index (χ1n) is 11.6. The molecule has 0 radical (unpaired) electrons. The van der Waals surface area contributed by atoms with E-state index in [-0.39, 0.29) is 12.2 Å². The smallest absolute Gasteiger partial charge is 0.0602 e. The Bertz CT molecular complexity index is 573. The Morgan fingerprint density at radius 2 is 1.79 bits per heavy atom. The lowest BCUT2D eigenvalue weighted by Crippen LogP contribution is -2.33. The van der Waals surface area contributed by atoms with Gasteiger partial charge in [-0.15, -0.1) is 0 Å². The molecule has 2 unspecified atom stereocenters. The third kappa shape index (κ3) is 5.49. The fraction of sp³-hybridized carbons (Fsp3) is 0.840. The molecule has 28 heavy (non-hydrogen) atoms. The first kappa shape index (κ1) is 22.1. The van der Waals surface area contributed by atoms with Crippen molar-refractivity contribution in [2.75, 3.05) is 0 Å². The molecular formula is C25H42O3. The third-order valence-electron chi connectivity index (χ3n) is 7.83. The Balaban J connectivity index is 1.61. The number of fused-ring (bicyclic) bond motifs is 1. The number of aliphatic hydroxyl groups is 3. The molecule has 0 aromatic heterocycles. The van der Waals surface area contributed by atoms with Crippen molar-refractivity contribution in [2.24, 2.45) is 17.3 Å². The fourth-order valence-electron chi connectivity index (χ4n) is 6.30. The summed E-state index contributed by atoms with van der Waals surface area (Å²) in [4.78, 5) is 0. The Hall–Kier alpha value is -0.640. The molecule has 0 aromatic rings. The average molecular weight is 391 g/mol. The van der Waals surface area contributed by atoms with Gasteiger partial charge in [-0.2, -0.15) is 0 Å². The highest BCUT2D eigenvalue weighted by molar-refractivity contribution is 5.26. The lowest BCUT2D eigenvalue weighted by Gasteiger charge is -2.42. The van der Waals surface area contributed by atoms with Crippen LogP contribution >= 0.6 is 0 Å². The molecule has 0 saturated heterocycles. The van der Waals surface area contributed by atoms with Crippen molar-refractivity contribution < 1.29 is 15.3 Å². The zero-order valence-corrected chi connectivity index (χ0v) is 18.3. The summed E-state index contributed by atoms with van der Waals surface area (Å²) < 4.78 is 0. The van der Waals surface area contributed by atoms with Crippen molar-refractivity contribution in [2.45, 2.75) is 116 Å². The summed E-state index contributed by atoms with van der Waals surface area (Å²) in [6, 6.07) is 0. The maximum absolute atomic E-state index is 9.94. The molecule has 3 nitrogen and oxygen atoms in total. The normalized spacial score (nSPS) is 37.9. The van der Waals surface area contributed by atoms with E-state index < -0.39 is 5.60 Å². The van der Waals surface area contributed by atoms with Crippen molar-refractivity contribution >= 4 is 0 Å². The SMILES string of the molecule is CC(C)(O)CCCCC1CCC2/C(=C/C=C3C[C@@H](O)C[C@H](O)C3)CCC[C@]12C. The monoisotopic (exact) mass is 390 g/mol. The van der Waals surface area contributed by atoms with Crippen LogP contribution in [-0.4, -0.2) is 33.1 Å². The van der Waals surface area contributed by atoms with Crippen LogP contribution in [0.2, 0.25) is 0 Å². The van der Waals surface area contributed by atoms with E-state index in [0.717, 1.165) is 18.8 Å². The molecule has 0 spiro atoms. The van der Waals surface area contributed by atoms with E-state index in [0.29, 0.717) is 30.6 Å². The van der Waals surface area contributed by atoms with Gasteiger partial charge in [-0.05, 0) is 95.3 Å². The minimum Gasteiger partial charge on any atom is -0.393 e. The Morgan fingerprint density at radius 3 is 2.46 bits per heavy atom. The summed E-state index contributed by atoms with van der Waals surface area (Å²) in [5, 5.41) is 29.8. The second kappa shape index (κ2) is 9.02. The fourth-order valence-corrected chi connectivity index (χ4v) is 6.30. The van der Waals surface area contributed by atoms with Gasteiger partial charge in [0.25, 0.3) is 0 Å². The molecular weight excluding hydrogens is 348 g/mol. The lowest BCUT2D eigenvalue weighted by molar-refractivity contribution is 0.0608. The summed E-state index contributed by atoms with van der Waals surface area (Å²) in [6.07, 6.45) is 16.8. The van der Waals surface area contributed by atoms with Gasteiger partial charge in [0.05, 0.1) is 17.8 Å². The third-order valence-corrected chi connectivity index (χ3v) is 7.83. The molecule has 0 aromatic carbocycles.